The molecule has 0 radical (unpaired) electrons. The van der Waals surface area contributed by atoms with Gasteiger partial charge in [-0.25, -0.2) is 4.98 Å². The number of carbonyl (C=O) groups is 1. The monoisotopic (exact) mass is 386 g/mol. The van der Waals surface area contributed by atoms with Gasteiger partial charge in [0.2, 0.25) is 0 Å². The second kappa shape index (κ2) is 6.88. The van der Waals surface area contributed by atoms with Crippen molar-refractivity contribution in [3.8, 4) is 5.69 Å². The number of aryl methyl sites for hydroxylation is 1. The Bertz CT molecular complexity index is 1170. The van der Waals surface area contributed by atoms with E-state index in [1.807, 2.05) is 56.6 Å². The quantitative estimate of drug-likeness (QED) is 0.540. The van der Waals surface area contributed by atoms with Gasteiger partial charge in [0, 0.05) is 29.7 Å². The lowest BCUT2D eigenvalue weighted by atomic mass is 10.0. The highest BCUT2D eigenvalue weighted by Crippen LogP contribution is 2.40. The van der Waals surface area contributed by atoms with E-state index in [9.17, 15) is 4.79 Å². The van der Waals surface area contributed by atoms with E-state index >= 15 is 0 Å². The molecule has 6 nitrogen and oxygen atoms in total. The molecule has 146 valence electrons. The number of nitrogens with one attached hydrogen (secondary N) is 1. The standard InChI is InChI=1S/C23H22N4O2/c1-14(16-7-9-18(10-8-16)27-11-3-4-12-27)24-22(28)19-13-20(17-5-6-17)25-23-21(19)15(2)26-29-23/h3-4,7-14,17H,5-6H2,1-2H3,(H,24,28)/t14-/m0/s1. The first-order valence-corrected chi connectivity index (χ1v) is 9.91. The lowest BCUT2D eigenvalue weighted by Gasteiger charge is -2.16. The van der Waals surface area contributed by atoms with Crippen LogP contribution in [0.4, 0.5) is 0 Å². The predicted molar refractivity (Wildman–Crippen MR) is 110 cm³/mol. The normalized spacial score (nSPS) is 14.8. The van der Waals surface area contributed by atoms with Crippen molar-refractivity contribution in [2.24, 2.45) is 0 Å². The molecule has 1 aliphatic rings. The predicted octanol–water partition coefficient (Wildman–Crippen LogP) is 4.69. The molecule has 0 spiro atoms. The molecule has 0 aliphatic heterocycles. The Morgan fingerprint density at radius 1 is 1.21 bits per heavy atom. The SMILES string of the molecule is Cc1noc2nc(C3CC3)cc(C(=O)N[C@@H](C)c3ccc(-n4cccc4)cc3)c12. The highest BCUT2D eigenvalue weighted by atomic mass is 16.5. The molecule has 29 heavy (non-hydrogen) atoms. The third-order valence-corrected chi connectivity index (χ3v) is 5.52. The average Bonchev–Trinajstić information content (AvgIpc) is 3.31. The average molecular weight is 386 g/mol. The minimum absolute atomic E-state index is 0.131. The summed E-state index contributed by atoms with van der Waals surface area (Å²) in [7, 11) is 0. The van der Waals surface area contributed by atoms with Gasteiger partial charge in [0.15, 0.2) is 0 Å². The summed E-state index contributed by atoms with van der Waals surface area (Å²) in [4.78, 5) is 17.7. The lowest BCUT2D eigenvalue weighted by molar-refractivity contribution is 0.0941. The van der Waals surface area contributed by atoms with Crippen molar-refractivity contribution in [1.29, 1.82) is 0 Å². The molecule has 6 heteroatoms. The van der Waals surface area contributed by atoms with Gasteiger partial charge >= 0.3 is 0 Å². The summed E-state index contributed by atoms with van der Waals surface area (Å²) in [6.45, 7) is 3.83. The summed E-state index contributed by atoms with van der Waals surface area (Å²) in [5.74, 6) is 0.294. The van der Waals surface area contributed by atoms with Crippen molar-refractivity contribution in [3.05, 3.63) is 77.4 Å². The van der Waals surface area contributed by atoms with Crippen molar-refractivity contribution in [1.82, 2.24) is 20.0 Å². The summed E-state index contributed by atoms with van der Waals surface area (Å²) in [6, 6.07) is 14.0. The van der Waals surface area contributed by atoms with E-state index in [1.54, 1.807) is 0 Å². The van der Waals surface area contributed by atoms with E-state index in [4.69, 9.17) is 4.52 Å². The number of fused-ring (bicyclic) bond motifs is 1. The summed E-state index contributed by atoms with van der Waals surface area (Å²) in [5.41, 5.74) is 4.77. The Morgan fingerprint density at radius 2 is 1.93 bits per heavy atom. The Morgan fingerprint density at radius 3 is 2.62 bits per heavy atom. The molecule has 0 bridgehead atoms. The second-order valence-electron chi connectivity index (χ2n) is 7.69. The second-order valence-corrected chi connectivity index (χ2v) is 7.69. The molecule has 3 heterocycles. The van der Waals surface area contributed by atoms with Gasteiger partial charge in [0.05, 0.1) is 22.7 Å². The summed E-state index contributed by atoms with van der Waals surface area (Å²) in [6.07, 6.45) is 6.23. The molecule has 0 saturated heterocycles. The topological polar surface area (TPSA) is 72.9 Å². The summed E-state index contributed by atoms with van der Waals surface area (Å²) < 4.78 is 7.40. The van der Waals surface area contributed by atoms with Crippen LogP contribution in [-0.2, 0) is 0 Å². The Labute approximate surface area is 168 Å². The van der Waals surface area contributed by atoms with E-state index in [0.29, 0.717) is 28.3 Å². The molecule has 4 aromatic rings. The van der Waals surface area contributed by atoms with Crippen LogP contribution in [0.2, 0.25) is 0 Å². The molecule has 1 fully saturated rings. The van der Waals surface area contributed by atoms with Crippen LogP contribution in [0, 0.1) is 6.92 Å². The lowest BCUT2D eigenvalue weighted by Crippen LogP contribution is -2.27. The number of aromatic nitrogens is 3. The Kier molecular flexibility index (Phi) is 4.19. The number of carbonyl (C=O) groups excluding carboxylic acids is 1. The van der Waals surface area contributed by atoms with E-state index in [1.165, 1.54) is 0 Å². The first kappa shape index (κ1) is 17.7. The highest BCUT2D eigenvalue weighted by Gasteiger charge is 2.29. The first-order valence-electron chi connectivity index (χ1n) is 9.91. The van der Waals surface area contributed by atoms with Crippen LogP contribution < -0.4 is 5.32 Å². The van der Waals surface area contributed by atoms with E-state index in [0.717, 1.165) is 29.8 Å². The number of amides is 1. The summed E-state index contributed by atoms with van der Waals surface area (Å²) in [5, 5.41) is 7.83. The molecule has 1 amide bonds. The Balaban J connectivity index is 1.40. The highest BCUT2D eigenvalue weighted by molar-refractivity contribution is 6.06. The fourth-order valence-electron chi connectivity index (χ4n) is 3.68. The van der Waals surface area contributed by atoms with Crippen molar-refractivity contribution < 1.29 is 9.32 Å². The molecular weight excluding hydrogens is 364 g/mol. The third-order valence-electron chi connectivity index (χ3n) is 5.52. The molecule has 5 rings (SSSR count). The number of hydrogen-bond acceptors (Lipinski definition) is 4. The van der Waals surface area contributed by atoms with Crippen LogP contribution in [0.5, 0.6) is 0 Å². The first-order chi connectivity index (χ1) is 14.1. The third kappa shape index (κ3) is 3.31. The Hall–Kier alpha value is -3.41. The van der Waals surface area contributed by atoms with Gasteiger partial charge in [-0.1, -0.05) is 17.3 Å². The summed E-state index contributed by atoms with van der Waals surface area (Å²) >= 11 is 0. The number of hydrogen-bond donors (Lipinski definition) is 1. The molecular formula is C23H22N4O2. The van der Waals surface area contributed by atoms with E-state index in [-0.39, 0.29) is 11.9 Å². The van der Waals surface area contributed by atoms with Gasteiger partial charge in [-0.15, -0.1) is 0 Å². The molecule has 1 atom stereocenters. The smallest absolute Gasteiger partial charge is 0.259 e. The minimum Gasteiger partial charge on any atom is -0.345 e. The molecule has 0 unspecified atom stereocenters. The molecule has 1 aliphatic carbocycles. The number of benzene rings is 1. The molecule has 3 aromatic heterocycles. The van der Waals surface area contributed by atoms with E-state index in [2.05, 4.69) is 32.2 Å². The molecule has 1 N–H and O–H groups in total. The van der Waals surface area contributed by atoms with Gasteiger partial charge in [0.1, 0.15) is 0 Å². The maximum Gasteiger partial charge on any atom is 0.259 e. The van der Waals surface area contributed by atoms with Gasteiger partial charge < -0.3 is 14.4 Å². The number of pyridine rings is 1. The maximum atomic E-state index is 13.1. The molecule has 1 aromatic carbocycles. The van der Waals surface area contributed by atoms with Crippen molar-refractivity contribution in [3.63, 3.8) is 0 Å². The zero-order valence-electron chi connectivity index (χ0n) is 16.4. The van der Waals surface area contributed by atoms with Crippen LogP contribution in [0.25, 0.3) is 16.8 Å². The number of nitrogens with zero attached hydrogens (tertiary/aromatic N) is 3. The van der Waals surface area contributed by atoms with Crippen LogP contribution in [0.3, 0.4) is 0 Å². The van der Waals surface area contributed by atoms with Crippen LogP contribution in [0.15, 0.2) is 59.4 Å². The van der Waals surface area contributed by atoms with Crippen LogP contribution in [-0.4, -0.2) is 20.6 Å². The largest absolute Gasteiger partial charge is 0.345 e. The van der Waals surface area contributed by atoms with Crippen molar-refractivity contribution in [2.45, 2.75) is 38.6 Å². The maximum absolute atomic E-state index is 13.1. The molecule has 1 saturated carbocycles. The zero-order chi connectivity index (χ0) is 20.0. The van der Waals surface area contributed by atoms with Crippen LogP contribution >= 0.6 is 0 Å². The van der Waals surface area contributed by atoms with E-state index < -0.39 is 0 Å². The van der Waals surface area contributed by atoms with Crippen LogP contribution in [0.1, 0.15) is 59.0 Å². The van der Waals surface area contributed by atoms with Crippen molar-refractivity contribution in [2.75, 3.05) is 0 Å². The van der Waals surface area contributed by atoms with Crippen molar-refractivity contribution >= 4 is 17.0 Å². The zero-order valence-corrected chi connectivity index (χ0v) is 16.4. The number of rotatable bonds is 5. The minimum atomic E-state index is -0.132. The van der Waals surface area contributed by atoms with Gasteiger partial charge in [0.25, 0.3) is 11.6 Å². The fraction of sp³-hybridized carbons (Fsp3) is 0.261. The van der Waals surface area contributed by atoms with Gasteiger partial charge in [-0.3, -0.25) is 4.79 Å². The van der Waals surface area contributed by atoms with Gasteiger partial charge in [-0.05, 0) is 62.6 Å². The fourth-order valence-corrected chi connectivity index (χ4v) is 3.68. The van der Waals surface area contributed by atoms with Gasteiger partial charge in [-0.2, -0.15) is 0 Å².